The lowest BCUT2D eigenvalue weighted by atomic mass is 10.0. The fraction of sp³-hybridized carbons (Fsp3) is 0.200. The molecule has 4 aromatic rings. The second-order valence-electron chi connectivity index (χ2n) is 7.71. The van der Waals surface area contributed by atoms with E-state index in [1.165, 1.54) is 5.56 Å². The summed E-state index contributed by atoms with van der Waals surface area (Å²) < 4.78 is 2.11. The zero-order valence-electron chi connectivity index (χ0n) is 18.1. The molecule has 0 aliphatic rings. The van der Waals surface area contributed by atoms with E-state index in [1.54, 1.807) is 30.5 Å². The molecular weight excluding hydrogens is 479 g/mol. The lowest BCUT2D eigenvalue weighted by molar-refractivity contribution is 0.662. The third-order valence-electron chi connectivity index (χ3n) is 5.71. The second-order valence-corrected chi connectivity index (χ2v) is 8.52. The SMILES string of the molecule is Cc1c(Cc2c(Cl)cccc2Cl)c(=O)ccn1CCc1ccc(-c2cnc(CN)[nH]2)cc1.Cl. The summed E-state index contributed by atoms with van der Waals surface area (Å²) in [5.41, 5.74) is 11.3. The number of aromatic nitrogens is 3. The molecule has 0 radical (unpaired) electrons. The lowest BCUT2D eigenvalue weighted by Gasteiger charge is -2.15. The van der Waals surface area contributed by atoms with Gasteiger partial charge in [0.05, 0.1) is 18.4 Å². The van der Waals surface area contributed by atoms with Crippen molar-refractivity contribution in [3.05, 3.63) is 109 Å². The highest BCUT2D eigenvalue weighted by Gasteiger charge is 2.13. The molecule has 5 nitrogen and oxygen atoms in total. The average molecular weight is 504 g/mol. The molecule has 172 valence electrons. The average Bonchev–Trinajstić information content (AvgIpc) is 3.27. The number of imidazole rings is 1. The van der Waals surface area contributed by atoms with Crippen molar-refractivity contribution in [1.82, 2.24) is 14.5 Å². The highest BCUT2D eigenvalue weighted by atomic mass is 35.5. The molecule has 0 saturated heterocycles. The summed E-state index contributed by atoms with van der Waals surface area (Å²) in [4.78, 5) is 20.0. The van der Waals surface area contributed by atoms with E-state index in [9.17, 15) is 4.79 Å². The van der Waals surface area contributed by atoms with Crippen molar-refractivity contribution in [3.63, 3.8) is 0 Å². The molecule has 0 fully saturated rings. The van der Waals surface area contributed by atoms with Gasteiger partial charge < -0.3 is 15.3 Å². The molecule has 0 spiro atoms. The lowest BCUT2D eigenvalue weighted by Crippen LogP contribution is -2.18. The molecule has 3 N–H and O–H groups in total. The molecule has 0 bridgehead atoms. The largest absolute Gasteiger partial charge is 0.351 e. The van der Waals surface area contributed by atoms with Gasteiger partial charge in [0, 0.05) is 46.5 Å². The first-order valence-corrected chi connectivity index (χ1v) is 11.2. The minimum absolute atomic E-state index is 0. The van der Waals surface area contributed by atoms with Gasteiger partial charge >= 0.3 is 0 Å². The Hall–Kier alpha value is -2.57. The van der Waals surface area contributed by atoms with Gasteiger partial charge in [0.2, 0.25) is 0 Å². The Morgan fingerprint density at radius 3 is 2.36 bits per heavy atom. The Labute approximate surface area is 209 Å². The molecule has 2 aromatic carbocycles. The van der Waals surface area contributed by atoms with Gasteiger partial charge in [-0.3, -0.25) is 4.79 Å². The maximum absolute atomic E-state index is 12.6. The highest BCUT2D eigenvalue weighted by molar-refractivity contribution is 6.36. The van der Waals surface area contributed by atoms with Crippen LogP contribution >= 0.6 is 35.6 Å². The zero-order chi connectivity index (χ0) is 22.7. The van der Waals surface area contributed by atoms with Crippen LogP contribution < -0.4 is 11.2 Å². The Morgan fingerprint density at radius 1 is 1.03 bits per heavy atom. The van der Waals surface area contributed by atoms with Crippen LogP contribution in [0.1, 0.15) is 28.2 Å². The van der Waals surface area contributed by atoms with Crippen LogP contribution in [-0.2, 0) is 25.9 Å². The van der Waals surface area contributed by atoms with Crippen molar-refractivity contribution in [2.24, 2.45) is 5.73 Å². The summed E-state index contributed by atoms with van der Waals surface area (Å²) in [5, 5.41) is 1.14. The van der Waals surface area contributed by atoms with Crippen LogP contribution in [0.25, 0.3) is 11.3 Å². The van der Waals surface area contributed by atoms with E-state index < -0.39 is 0 Å². The minimum atomic E-state index is -0.00417. The first-order valence-electron chi connectivity index (χ1n) is 10.4. The number of aromatic amines is 1. The fourth-order valence-corrected chi connectivity index (χ4v) is 4.30. The Bertz CT molecular complexity index is 1280. The number of nitrogens with two attached hydrogens (primary N) is 1. The van der Waals surface area contributed by atoms with Crippen LogP contribution in [0.15, 0.2) is 65.7 Å². The van der Waals surface area contributed by atoms with Crippen molar-refractivity contribution >= 4 is 35.6 Å². The molecule has 4 rings (SSSR count). The summed E-state index contributed by atoms with van der Waals surface area (Å²) in [5.74, 6) is 0.770. The van der Waals surface area contributed by atoms with E-state index in [2.05, 4.69) is 38.8 Å². The van der Waals surface area contributed by atoms with Gasteiger partial charge in [0.25, 0.3) is 0 Å². The van der Waals surface area contributed by atoms with Crippen molar-refractivity contribution in [1.29, 1.82) is 0 Å². The third-order valence-corrected chi connectivity index (χ3v) is 6.42. The second kappa shape index (κ2) is 11.0. The molecule has 0 aliphatic heterocycles. The van der Waals surface area contributed by atoms with Crippen molar-refractivity contribution in [3.8, 4) is 11.3 Å². The predicted octanol–water partition coefficient (Wildman–Crippen LogP) is 5.57. The first kappa shape index (κ1) is 25.1. The van der Waals surface area contributed by atoms with Gasteiger partial charge in [-0.25, -0.2) is 4.98 Å². The summed E-state index contributed by atoms with van der Waals surface area (Å²) in [6.45, 7) is 3.12. The van der Waals surface area contributed by atoms with E-state index in [4.69, 9.17) is 28.9 Å². The number of nitrogens with one attached hydrogen (secondary N) is 1. The molecule has 0 unspecified atom stereocenters. The Kier molecular flexibility index (Phi) is 8.38. The van der Waals surface area contributed by atoms with Gasteiger partial charge in [-0.15, -0.1) is 12.4 Å². The number of hydrogen-bond donors (Lipinski definition) is 2. The minimum Gasteiger partial charge on any atom is -0.351 e. The van der Waals surface area contributed by atoms with Gasteiger partial charge in [-0.2, -0.15) is 0 Å². The van der Waals surface area contributed by atoms with E-state index in [0.29, 0.717) is 28.6 Å². The number of pyridine rings is 1. The van der Waals surface area contributed by atoms with E-state index in [-0.39, 0.29) is 17.8 Å². The number of rotatable bonds is 7. The smallest absolute Gasteiger partial charge is 0.185 e. The van der Waals surface area contributed by atoms with Crippen molar-refractivity contribution < 1.29 is 0 Å². The molecule has 0 saturated carbocycles. The van der Waals surface area contributed by atoms with Crippen molar-refractivity contribution in [2.75, 3.05) is 0 Å². The molecule has 0 amide bonds. The number of aryl methyl sites for hydroxylation is 2. The maximum atomic E-state index is 12.6. The van der Waals surface area contributed by atoms with Crippen LogP contribution in [0.2, 0.25) is 10.0 Å². The summed E-state index contributed by atoms with van der Waals surface area (Å²) >= 11 is 12.7. The maximum Gasteiger partial charge on any atom is 0.185 e. The number of nitrogens with zero attached hydrogens (tertiary/aromatic N) is 2. The number of H-pyrrole nitrogens is 1. The van der Waals surface area contributed by atoms with Gasteiger partial charge in [0.15, 0.2) is 5.43 Å². The molecule has 8 heteroatoms. The molecule has 2 aromatic heterocycles. The number of benzene rings is 2. The van der Waals surface area contributed by atoms with Gasteiger partial charge in [-0.1, -0.05) is 53.5 Å². The van der Waals surface area contributed by atoms with Crippen LogP contribution in [0, 0.1) is 6.92 Å². The topological polar surface area (TPSA) is 76.7 Å². The first-order chi connectivity index (χ1) is 15.5. The molecule has 2 heterocycles. The van der Waals surface area contributed by atoms with Crippen LogP contribution in [0.5, 0.6) is 0 Å². The molecule has 0 aliphatic carbocycles. The standard InChI is InChI=1S/C25H24Cl2N4O.ClH/c1-16-19(13-20-21(26)3-2-4-22(20)27)24(32)10-12-31(16)11-9-17-5-7-18(8-6-17)23-15-29-25(14-28)30-23;/h2-8,10,12,15H,9,11,13-14,28H2,1H3,(H,29,30);1H. The highest BCUT2D eigenvalue weighted by Crippen LogP contribution is 2.27. The van der Waals surface area contributed by atoms with Gasteiger partial charge in [0.1, 0.15) is 5.82 Å². The quantitative estimate of drug-likeness (QED) is 0.346. The van der Waals surface area contributed by atoms with Crippen molar-refractivity contribution in [2.45, 2.75) is 32.9 Å². The van der Waals surface area contributed by atoms with Crippen LogP contribution in [-0.4, -0.2) is 14.5 Å². The van der Waals surface area contributed by atoms with Gasteiger partial charge in [-0.05, 0) is 42.2 Å². The zero-order valence-corrected chi connectivity index (χ0v) is 20.5. The Morgan fingerprint density at radius 2 is 1.73 bits per heavy atom. The fourth-order valence-electron chi connectivity index (χ4n) is 3.77. The number of hydrogen-bond acceptors (Lipinski definition) is 3. The normalized spacial score (nSPS) is 10.8. The predicted molar refractivity (Wildman–Crippen MR) is 138 cm³/mol. The van der Waals surface area contributed by atoms with E-state index >= 15 is 0 Å². The van der Waals surface area contributed by atoms with E-state index in [1.807, 2.05) is 13.1 Å². The monoisotopic (exact) mass is 502 g/mol. The van der Waals surface area contributed by atoms with Crippen LogP contribution in [0.4, 0.5) is 0 Å². The third kappa shape index (κ3) is 5.68. The molecular formula is C25H25Cl3N4O. The summed E-state index contributed by atoms with van der Waals surface area (Å²) in [7, 11) is 0. The number of halogens is 3. The molecule has 0 atom stereocenters. The Balaban J connectivity index is 0.00000306. The van der Waals surface area contributed by atoms with E-state index in [0.717, 1.165) is 41.3 Å². The summed E-state index contributed by atoms with van der Waals surface area (Å²) in [6, 6.07) is 15.4. The van der Waals surface area contributed by atoms with Crippen LogP contribution in [0.3, 0.4) is 0 Å². The summed E-state index contributed by atoms with van der Waals surface area (Å²) in [6.07, 6.45) is 4.90. The molecule has 33 heavy (non-hydrogen) atoms.